The Morgan fingerprint density at radius 1 is 1.26 bits per heavy atom. The largest absolute Gasteiger partial charge is 0.508 e. The number of nitrogens with one attached hydrogen (secondary N) is 1. The van der Waals surface area contributed by atoms with Gasteiger partial charge in [0.2, 0.25) is 0 Å². The Morgan fingerprint density at radius 2 is 2.00 bits per heavy atom. The Hall–Kier alpha value is -2.23. The SMILES string of the molecule is CCNC(=O)C(C)Oc1ccc2ccc(O)cc2c1. The maximum absolute atomic E-state index is 11.6. The van der Waals surface area contributed by atoms with Gasteiger partial charge in [-0.2, -0.15) is 0 Å². The standard InChI is InChI=1S/C15H17NO3/c1-3-16-15(18)10(2)19-14-7-5-11-4-6-13(17)8-12(11)9-14/h4-10,17H,3H2,1-2H3,(H,16,18). The van der Waals surface area contributed by atoms with Crippen LogP contribution >= 0.6 is 0 Å². The Bertz CT molecular complexity index is 595. The minimum absolute atomic E-state index is 0.140. The number of rotatable bonds is 4. The zero-order valence-corrected chi connectivity index (χ0v) is 11.0. The normalized spacial score (nSPS) is 12.1. The smallest absolute Gasteiger partial charge is 0.260 e. The van der Waals surface area contributed by atoms with Gasteiger partial charge in [-0.05, 0) is 48.9 Å². The average Bonchev–Trinajstić information content (AvgIpc) is 2.38. The first-order valence-corrected chi connectivity index (χ1v) is 6.27. The number of carbonyl (C=O) groups excluding carboxylic acids is 1. The van der Waals surface area contributed by atoms with Crippen LogP contribution in [0.1, 0.15) is 13.8 Å². The molecule has 1 amide bonds. The molecule has 0 aliphatic rings. The van der Waals surface area contributed by atoms with Crippen molar-refractivity contribution in [2.45, 2.75) is 20.0 Å². The van der Waals surface area contributed by atoms with Crippen molar-refractivity contribution in [3.05, 3.63) is 36.4 Å². The Morgan fingerprint density at radius 3 is 2.74 bits per heavy atom. The number of likely N-dealkylation sites (N-methyl/N-ethyl adjacent to an activating group) is 1. The number of aromatic hydroxyl groups is 1. The molecule has 100 valence electrons. The van der Waals surface area contributed by atoms with Crippen molar-refractivity contribution in [2.75, 3.05) is 6.54 Å². The van der Waals surface area contributed by atoms with Crippen molar-refractivity contribution in [1.82, 2.24) is 5.32 Å². The van der Waals surface area contributed by atoms with Crippen LogP contribution in [0.3, 0.4) is 0 Å². The number of hydrogen-bond donors (Lipinski definition) is 2. The van der Waals surface area contributed by atoms with Gasteiger partial charge in [-0.25, -0.2) is 0 Å². The fourth-order valence-electron chi connectivity index (χ4n) is 1.86. The molecule has 0 radical (unpaired) electrons. The third-order valence-corrected chi connectivity index (χ3v) is 2.83. The molecule has 4 heteroatoms. The van der Waals surface area contributed by atoms with Crippen LogP contribution in [0.25, 0.3) is 10.8 Å². The molecule has 0 saturated heterocycles. The van der Waals surface area contributed by atoms with Crippen LogP contribution in [0.15, 0.2) is 36.4 Å². The molecule has 0 aromatic heterocycles. The van der Waals surface area contributed by atoms with Gasteiger partial charge in [-0.1, -0.05) is 12.1 Å². The van der Waals surface area contributed by atoms with Gasteiger partial charge >= 0.3 is 0 Å². The highest BCUT2D eigenvalue weighted by molar-refractivity contribution is 5.85. The number of phenolic OH excluding ortho intramolecular Hbond substituents is 1. The summed E-state index contributed by atoms with van der Waals surface area (Å²) in [7, 11) is 0. The zero-order chi connectivity index (χ0) is 13.8. The van der Waals surface area contributed by atoms with Gasteiger partial charge in [-0.3, -0.25) is 4.79 Å². The third-order valence-electron chi connectivity index (χ3n) is 2.83. The van der Waals surface area contributed by atoms with Crippen LogP contribution in [0.2, 0.25) is 0 Å². The second-order valence-electron chi connectivity index (χ2n) is 4.35. The minimum Gasteiger partial charge on any atom is -0.508 e. The molecule has 0 saturated carbocycles. The van der Waals surface area contributed by atoms with Gasteiger partial charge in [0.15, 0.2) is 6.10 Å². The number of phenols is 1. The van der Waals surface area contributed by atoms with E-state index >= 15 is 0 Å². The minimum atomic E-state index is -0.547. The van der Waals surface area contributed by atoms with E-state index in [0.717, 1.165) is 10.8 Å². The van der Waals surface area contributed by atoms with Gasteiger partial charge in [0.05, 0.1) is 0 Å². The molecular formula is C15H17NO3. The Balaban J connectivity index is 2.19. The van der Waals surface area contributed by atoms with Crippen LogP contribution < -0.4 is 10.1 Å². The van der Waals surface area contributed by atoms with Crippen LogP contribution in [-0.4, -0.2) is 23.7 Å². The lowest BCUT2D eigenvalue weighted by molar-refractivity contribution is -0.127. The zero-order valence-electron chi connectivity index (χ0n) is 11.0. The first-order valence-electron chi connectivity index (χ1n) is 6.27. The second-order valence-corrected chi connectivity index (χ2v) is 4.35. The van der Waals surface area contributed by atoms with Crippen LogP contribution in [0.5, 0.6) is 11.5 Å². The van der Waals surface area contributed by atoms with E-state index in [4.69, 9.17) is 4.74 Å². The molecule has 0 heterocycles. The molecule has 0 spiro atoms. The second kappa shape index (κ2) is 5.61. The summed E-state index contributed by atoms with van der Waals surface area (Å²) in [6, 6.07) is 10.7. The highest BCUT2D eigenvalue weighted by atomic mass is 16.5. The maximum Gasteiger partial charge on any atom is 0.260 e. The molecule has 2 aromatic rings. The molecule has 1 unspecified atom stereocenters. The number of carbonyl (C=O) groups is 1. The summed E-state index contributed by atoms with van der Waals surface area (Å²) in [5.41, 5.74) is 0. The monoisotopic (exact) mass is 259 g/mol. The van der Waals surface area contributed by atoms with E-state index in [2.05, 4.69) is 5.32 Å². The quantitative estimate of drug-likeness (QED) is 0.886. The summed E-state index contributed by atoms with van der Waals surface area (Å²) >= 11 is 0. The van der Waals surface area contributed by atoms with E-state index in [1.54, 1.807) is 19.1 Å². The first kappa shape index (κ1) is 13.2. The lowest BCUT2D eigenvalue weighted by atomic mass is 10.1. The average molecular weight is 259 g/mol. The molecule has 2 N–H and O–H groups in total. The fourth-order valence-corrected chi connectivity index (χ4v) is 1.86. The molecule has 0 aliphatic carbocycles. The molecule has 0 bridgehead atoms. The van der Waals surface area contributed by atoms with Crippen LogP contribution in [-0.2, 0) is 4.79 Å². The van der Waals surface area contributed by atoms with E-state index < -0.39 is 6.10 Å². The van der Waals surface area contributed by atoms with E-state index in [1.807, 2.05) is 31.2 Å². The summed E-state index contributed by atoms with van der Waals surface area (Å²) in [4.78, 5) is 11.6. The summed E-state index contributed by atoms with van der Waals surface area (Å²) in [5, 5.41) is 14.0. The molecular weight excluding hydrogens is 242 g/mol. The van der Waals surface area contributed by atoms with Crippen molar-refractivity contribution in [1.29, 1.82) is 0 Å². The predicted octanol–water partition coefficient (Wildman–Crippen LogP) is 2.45. The van der Waals surface area contributed by atoms with E-state index in [9.17, 15) is 9.90 Å². The van der Waals surface area contributed by atoms with Gasteiger partial charge in [0.25, 0.3) is 5.91 Å². The van der Waals surface area contributed by atoms with E-state index in [0.29, 0.717) is 12.3 Å². The van der Waals surface area contributed by atoms with Gasteiger partial charge in [0, 0.05) is 6.54 Å². The molecule has 1 atom stereocenters. The molecule has 2 rings (SSSR count). The number of ether oxygens (including phenoxy) is 1. The summed E-state index contributed by atoms with van der Waals surface area (Å²) in [5.74, 6) is 0.678. The van der Waals surface area contributed by atoms with Gasteiger partial charge in [0.1, 0.15) is 11.5 Å². The van der Waals surface area contributed by atoms with Crippen LogP contribution in [0, 0.1) is 0 Å². The summed E-state index contributed by atoms with van der Waals surface area (Å²) < 4.78 is 5.58. The summed E-state index contributed by atoms with van der Waals surface area (Å²) in [6.45, 7) is 4.15. The molecule has 2 aromatic carbocycles. The predicted molar refractivity (Wildman–Crippen MR) is 74.4 cm³/mol. The molecule has 0 fully saturated rings. The van der Waals surface area contributed by atoms with Gasteiger partial charge < -0.3 is 15.2 Å². The summed E-state index contributed by atoms with van der Waals surface area (Å²) in [6.07, 6.45) is -0.547. The first-order chi connectivity index (χ1) is 9.10. The lowest BCUT2D eigenvalue weighted by Gasteiger charge is -2.14. The van der Waals surface area contributed by atoms with Crippen molar-refractivity contribution < 1.29 is 14.6 Å². The molecule has 4 nitrogen and oxygen atoms in total. The highest BCUT2D eigenvalue weighted by Crippen LogP contribution is 2.24. The fraction of sp³-hybridized carbons (Fsp3) is 0.267. The molecule has 0 aliphatic heterocycles. The number of fused-ring (bicyclic) bond motifs is 1. The topological polar surface area (TPSA) is 58.6 Å². The van der Waals surface area contributed by atoms with Crippen molar-refractivity contribution >= 4 is 16.7 Å². The number of hydrogen-bond acceptors (Lipinski definition) is 3. The van der Waals surface area contributed by atoms with Crippen molar-refractivity contribution in [3.8, 4) is 11.5 Å². The lowest BCUT2D eigenvalue weighted by Crippen LogP contribution is -2.36. The van der Waals surface area contributed by atoms with Crippen molar-refractivity contribution in [2.24, 2.45) is 0 Å². The Kier molecular flexibility index (Phi) is 3.90. The Labute approximate surface area is 112 Å². The van der Waals surface area contributed by atoms with Gasteiger partial charge in [-0.15, -0.1) is 0 Å². The molecule has 19 heavy (non-hydrogen) atoms. The van der Waals surface area contributed by atoms with Crippen LogP contribution in [0.4, 0.5) is 0 Å². The van der Waals surface area contributed by atoms with E-state index in [1.165, 1.54) is 0 Å². The third kappa shape index (κ3) is 3.16. The number of benzene rings is 2. The number of amides is 1. The van der Waals surface area contributed by atoms with E-state index in [-0.39, 0.29) is 11.7 Å². The highest BCUT2D eigenvalue weighted by Gasteiger charge is 2.13. The van der Waals surface area contributed by atoms with Crippen molar-refractivity contribution in [3.63, 3.8) is 0 Å². The maximum atomic E-state index is 11.6.